The summed E-state index contributed by atoms with van der Waals surface area (Å²) in [5, 5.41) is 16.0. The van der Waals surface area contributed by atoms with Crippen molar-refractivity contribution in [2.45, 2.75) is 6.17 Å². The minimum Gasteiger partial charge on any atom is -0.455 e. The number of nitrogens with one attached hydrogen (secondary N) is 1. The van der Waals surface area contributed by atoms with Gasteiger partial charge in [0.2, 0.25) is 0 Å². The summed E-state index contributed by atoms with van der Waals surface area (Å²) in [6.45, 7) is 0. The summed E-state index contributed by atoms with van der Waals surface area (Å²) in [5.41, 5.74) is 17.8. The Balaban J connectivity index is 1.10. The molecule has 0 bridgehead atoms. The second-order valence-corrected chi connectivity index (χ2v) is 13.7. The Morgan fingerprint density at radius 3 is 1.91 bits per heavy atom. The van der Waals surface area contributed by atoms with Gasteiger partial charge >= 0.3 is 0 Å². The number of furan rings is 1. The van der Waals surface area contributed by atoms with Crippen molar-refractivity contribution < 1.29 is 4.42 Å². The first-order chi connectivity index (χ1) is 27.6. The number of benzene rings is 7. The van der Waals surface area contributed by atoms with Gasteiger partial charge in [-0.3, -0.25) is 4.99 Å². The molecule has 3 heterocycles. The molecule has 7 aromatic carbocycles. The third-order valence-corrected chi connectivity index (χ3v) is 10.0. The molecule has 0 radical (unpaired) electrons. The van der Waals surface area contributed by atoms with E-state index in [9.17, 15) is 5.26 Å². The number of nitrogens with zero attached hydrogens (tertiary/aromatic N) is 5. The molecule has 0 fully saturated rings. The van der Waals surface area contributed by atoms with Crippen LogP contribution in [0.15, 0.2) is 173 Å². The van der Waals surface area contributed by atoms with E-state index in [1.807, 2.05) is 127 Å². The summed E-state index contributed by atoms with van der Waals surface area (Å²) >= 11 is 0. The van der Waals surface area contributed by atoms with E-state index in [-0.39, 0.29) is 0 Å². The van der Waals surface area contributed by atoms with Gasteiger partial charge in [-0.1, -0.05) is 109 Å². The zero-order chi connectivity index (χ0) is 37.6. The van der Waals surface area contributed by atoms with Gasteiger partial charge in [0.15, 0.2) is 17.5 Å². The molecule has 0 amide bonds. The normalized spacial score (nSPS) is 13.5. The molecule has 1 unspecified atom stereocenters. The van der Waals surface area contributed by atoms with Crippen LogP contribution in [0.1, 0.15) is 28.4 Å². The van der Waals surface area contributed by atoms with E-state index in [4.69, 9.17) is 30.1 Å². The molecule has 1 atom stereocenters. The Bertz CT molecular complexity index is 2980. The molecule has 1 aliphatic rings. The lowest BCUT2D eigenvalue weighted by Crippen LogP contribution is -2.21. The van der Waals surface area contributed by atoms with Crippen LogP contribution in [0.3, 0.4) is 0 Å². The lowest BCUT2D eigenvalue weighted by Gasteiger charge is -2.26. The third-order valence-electron chi connectivity index (χ3n) is 10.0. The van der Waals surface area contributed by atoms with Crippen LogP contribution in [0, 0.1) is 11.3 Å². The summed E-state index contributed by atoms with van der Waals surface area (Å²) in [5.74, 6) is 1.60. The van der Waals surface area contributed by atoms with E-state index >= 15 is 0 Å². The molecule has 10 rings (SSSR count). The van der Waals surface area contributed by atoms with Gasteiger partial charge in [-0.15, -0.1) is 0 Å². The van der Waals surface area contributed by atoms with E-state index in [0.717, 1.165) is 77.8 Å². The van der Waals surface area contributed by atoms with Crippen LogP contribution in [0.2, 0.25) is 0 Å². The van der Waals surface area contributed by atoms with Crippen molar-refractivity contribution in [1.82, 2.24) is 15.0 Å². The van der Waals surface area contributed by atoms with Gasteiger partial charge < -0.3 is 15.5 Å². The maximum absolute atomic E-state index is 10.3. The van der Waals surface area contributed by atoms with E-state index in [0.29, 0.717) is 28.7 Å². The molecular formula is C48H31N7O. The highest BCUT2D eigenvalue weighted by Crippen LogP contribution is 2.39. The summed E-state index contributed by atoms with van der Waals surface area (Å²) in [6.07, 6.45) is -0.502. The predicted octanol–water partition coefficient (Wildman–Crippen LogP) is 10.9. The van der Waals surface area contributed by atoms with Crippen LogP contribution in [0.25, 0.3) is 67.2 Å². The highest BCUT2D eigenvalue weighted by molar-refractivity contribution is 6.23. The molecule has 0 aliphatic carbocycles. The van der Waals surface area contributed by atoms with Crippen molar-refractivity contribution in [2.24, 2.45) is 4.99 Å². The molecule has 56 heavy (non-hydrogen) atoms. The number of para-hydroxylation sites is 3. The van der Waals surface area contributed by atoms with Crippen molar-refractivity contribution in [2.75, 3.05) is 11.1 Å². The number of aromatic nitrogens is 3. The van der Waals surface area contributed by atoms with Crippen molar-refractivity contribution >= 4 is 39.0 Å². The van der Waals surface area contributed by atoms with E-state index in [1.165, 1.54) is 0 Å². The molecular weight excluding hydrogens is 691 g/mol. The molecule has 1 aliphatic heterocycles. The maximum atomic E-state index is 10.3. The Hall–Kier alpha value is -7.89. The number of rotatable bonds is 6. The fourth-order valence-corrected chi connectivity index (χ4v) is 7.43. The van der Waals surface area contributed by atoms with Crippen molar-refractivity contribution in [3.05, 3.63) is 186 Å². The Labute approximate surface area is 322 Å². The van der Waals surface area contributed by atoms with Crippen LogP contribution in [-0.2, 0) is 0 Å². The van der Waals surface area contributed by atoms with Crippen molar-refractivity contribution in [3.63, 3.8) is 0 Å². The molecule has 0 saturated carbocycles. The lowest BCUT2D eigenvalue weighted by atomic mass is 9.94. The number of hydrogen-bond acceptors (Lipinski definition) is 8. The Morgan fingerprint density at radius 2 is 1.16 bits per heavy atom. The number of nitrogens with two attached hydrogens (primary N) is 1. The average Bonchev–Trinajstić information content (AvgIpc) is 3.65. The Kier molecular flexibility index (Phi) is 7.90. The van der Waals surface area contributed by atoms with E-state index in [2.05, 4.69) is 47.8 Å². The lowest BCUT2D eigenvalue weighted by molar-refractivity contribution is 0.668. The number of nitriles is 1. The molecule has 8 heteroatoms. The zero-order valence-corrected chi connectivity index (χ0v) is 29.9. The fraction of sp³-hybridized carbons (Fsp3) is 0.0208. The standard InChI is InChI=1S/C48H31N7O/c49-28-29-22-32(33-25-35(27-36(50)26-33)48-54-45(30-12-3-1-4-13-30)53-46(55-48)31-14-5-2-6-15-31)24-34(23-29)47-51-41-20-9-7-17-39(41)43(52-47)40-19-11-18-38-37-16-8-10-21-42(37)56-44(38)40/h1-27,47,51H,50H2. The van der Waals surface area contributed by atoms with Crippen LogP contribution in [0.5, 0.6) is 0 Å². The van der Waals surface area contributed by atoms with Gasteiger partial charge in [0.25, 0.3) is 0 Å². The number of nitrogen functional groups attached to an aromatic ring is 1. The fourth-order valence-electron chi connectivity index (χ4n) is 7.43. The largest absolute Gasteiger partial charge is 0.455 e. The first-order valence-electron chi connectivity index (χ1n) is 18.3. The second kappa shape index (κ2) is 13.5. The topological polar surface area (TPSA) is 126 Å². The molecule has 264 valence electrons. The monoisotopic (exact) mass is 721 g/mol. The van der Waals surface area contributed by atoms with Gasteiger partial charge in [-0.05, 0) is 71.3 Å². The SMILES string of the molecule is N#Cc1cc(-c2cc(N)cc(-c3nc(-c4ccccc4)nc(-c4ccccc4)n3)c2)cc(C2N=C(c3cccc4c3oc3ccccc34)c3ccccc3N2)c1. The van der Waals surface area contributed by atoms with Gasteiger partial charge in [0.1, 0.15) is 17.3 Å². The van der Waals surface area contributed by atoms with Gasteiger partial charge in [0.05, 0.1) is 17.3 Å². The first-order valence-corrected chi connectivity index (χ1v) is 18.3. The van der Waals surface area contributed by atoms with E-state index in [1.54, 1.807) is 0 Å². The van der Waals surface area contributed by atoms with Gasteiger partial charge in [-0.25, -0.2) is 15.0 Å². The molecule has 9 aromatic rings. The van der Waals surface area contributed by atoms with Crippen LogP contribution >= 0.6 is 0 Å². The van der Waals surface area contributed by atoms with Gasteiger partial charge in [0, 0.05) is 50.0 Å². The number of anilines is 2. The summed E-state index contributed by atoms with van der Waals surface area (Å²) in [4.78, 5) is 20.0. The molecule has 2 aromatic heterocycles. The number of fused-ring (bicyclic) bond motifs is 4. The summed E-state index contributed by atoms with van der Waals surface area (Å²) in [7, 11) is 0. The van der Waals surface area contributed by atoms with Crippen LogP contribution in [-0.4, -0.2) is 20.7 Å². The highest BCUT2D eigenvalue weighted by atomic mass is 16.3. The maximum Gasteiger partial charge on any atom is 0.164 e. The average molecular weight is 722 g/mol. The highest BCUT2D eigenvalue weighted by Gasteiger charge is 2.26. The minimum absolute atomic E-state index is 0.488. The summed E-state index contributed by atoms with van der Waals surface area (Å²) < 4.78 is 6.46. The quantitative estimate of drug-likeness (QED) is 0.164. The van der Waals surface area contributed by atoms with Crippen molar-refractivity contribution in [1.29, 1.82) is 5.26 Å². The van der Waals surface area contributed by atoms with E-state index < -0.39 is 6.17 Å². The molecule has 0 saturated heterocycles. The first kappa shape index (κ1) is 32.7. The molecule has 8 nitrogen and oxygen atoms in total. The summed E-state index contributed by atoms with van der Waals surface area (Å²) in [6, 6.07) is 56.1. The smallest absolute Gasteiger partial charge is 0.164 e. The zero-order valence-electron chi connectivity index (χ0n) is 29.9. The van der Waals surface area contributed by atoms with Crippen molar-refractivity contribution in [3.8, 4) is 51.4 Å². The number of hydrogen-bond donors (Lipinski definition) is 2. The second-order valence-electron chi connectivity index (χ2n) is 13.7. The Morgan fingerprint density at radius 1 is 0.554 bits per heavy atom. The predicted molar refractivity (Wildman–Crippen MR) is 223 cm³/mol. The van der Waals surface area contributed by atoms with Crippen LogP contribution < -0.4 is 11.1 Å². The number of aliphatic imine (C=N–C) groups is 1. The third kappa shape index (κ3) is 5.90. The van der Waals surface area contributed by atoms with Crippen LogP contribution in [0.4, 0.5) is 11.4 Å². The molecule has 0 spiro atoms. The van der Waals surface area contributed by atoms with Gasteiger partial charge in [-0.2, -0.15) is 5.26 Å². The molecule has 3 N–H and O–H groups in total. The minimum atomic E-state index is -0.502.